The molecule has 2 aromatic rings. The Kier molecular flexibility index (Phi) is 5.15. The van der Waals surface area contributed by atoms with E-state index in [1.165, 1.54) is 30.3 Å². The van der Waals surface area contributed by atoms with Gasteiger partial charge in [0.25, 0.3) is 5.69 Å². The molecular formula is C14H9Cl2N3O4. The number of rotatable bonds is 3. The fraction of sp³-hybridized carbons (Fsp3) is 0. The maximum atomic E-state index is 11.9. The number of amides is 2. The summed E-state index contributed by atoms with van der Waals surface area (Å²) in [5.41, 5.74) is 0.0111. The van der Waals surface area contributed by atoms with Gasteiger partial charge in [-0.2, -0.15) is 0 Å². The maximum Gasteiger partial charge on any atom is 0.314 e. The van der Waals surface area contributed by atoms with Crippen molar-refractivity contribution >= 4 is 52.1 Å². The number of anilines is 2. The molecular weight excluding hydrogens is 345 g/mol. The summed E-state index contributed by atoms with van der Waals surface area (Å²) in [6, 6.07) is 9.79. The number of carbonyl (C=O) groups is 2. The molecule has 2 amide bonds. The van der Waals surface area contributed by atoms with Gasteiger partial charge in [0.05, 0.1) is 20.7 Å². The standard InChI is InChI=1S/C14H9Cl2N3O4/c15-10-5-2-6-11(16)12(10)18-14(21)13(20)17-8-3-1-4-9(7-8)19(22)23/h1-7H,(H,17,20)(H,18,21). The summed E-state index contributed by atoms with van der Waals surface area (Å²) in [6.07, 6.45) is 0. The Hall–Kier alpha value is -2.64. The maximum absolute atomic E-state index is 11.9. The molecule has 0 aliphatic rings. The Bertz CT molecular complexity index is 775. The second-order valence-electron chi connectivity index (χ2n) is 4.31. The third-order valence-electron chi connectivity index (χ3n) is 2.72. The smallest absolute Gasteiger partial charge is 0.314 e. The van der Waals surface area contributed by atoms with Crippen LogP contribution in [0.25, 0.3) is 0 Å². The van der Waals surface area contributed by atoms with Crippen LogP contribution < -0.4 is 10.6 Å². The van der Waals surface area contributed by atoms with Gasteiger partial charge in [-0.15, -0.1) is 0 Å². The molecule has 2 N–H and O–H groups in total. The first-order valence-corrected chi connectivity index (χ1v) is 6.95. The van der Waals surface area contributed by atoms with Gasteiger partial charge in [0.1, 0.15) is 0 Å². The van der Waals surface area contributed by atoms with Crippen molar-refractivity contribution in [2.45, 2.75) is 0 Å². The number of nitro groups is 1. The minimum atomic E-state index is -1.01. The van der Waals surface area contributed by atoms with Crippen LogP contribution in [-0.4, -0.2) is 16.7 Å². The van der Waals surface area contributed by atoms with Crippen molar-refractivity contribution in [2.75, 3.05) is 10.6 Å². The van der Waals surface area contributed by atoms with E-state index in [0.29, 0.717) is 0 Å². The number of halogens is 2. The van der Waals surface area contributed by atoms with Gasteiger partial charge >= 0.3 is 11.8 Å². The lowest BCUT2D eigenvalue weighted by Crippen LogP contribution is -2.29. The van der Waals surface area contributed by atoms with Gasteiger partial charge in [0, 0.05) is 17.8 Å². The van der Waals surface area contributed by atoms with E-state index in [-0.39, 0.29) is 27.1 Å². The van der Waals surface area contributed by atoms with Crippen LogP contribution in [-0.2, 0) is 9.59 Å². The van der Waals surface area contributed by atoms with Gasteiger partial charge in [0.2, 0.25) is 0 Å². The van der Waals surface area contributed by atoms with Crippen molar-refractivity contribution in [3.8, 4) is 0 Å². The van der Waals surface area contributed by atoms with Crippen LogP contribution in [0.1, 0.15) is 0 Å². The molecule has 0 fully saturated rings. The number of non-ortho nitro benzene ring substituents is 1. The van der Waals surface area contributed by atoms with Crippen molar-refractivity contribution in [3.63, 3.8) is 0 Å². The number of benzene rings is 2. The molecule has 0 unspecified atom stereocenters. The lowest BCUT2D eigenvalue weighted by Gasteiger charge is -2.09. The number of carbonyl (C=O) groups excluding carboxylic acids is 2. The normalized spacial score (nSPS) is 10.0. The predicted molar refractivity (Wildman–Crippen MR) is 86.8 cm³/mol. The zero-order valence-corrected chi connectivity index (χ0v) is 12.9. The SMILES string of the molecule is O=C(Nc1cccc([N+](=O)[O-])c1)C(=O)Nc1c(Cl)cccc1Cl. The Morgan fingerprint density at radius 3 is 2.13 bits per heavy atom. The second kappa shape index (κ2) is 7.08. The highest BCUT2D eigenvalue weighted by atomic mass is 35.5. The largest absolute Gasteiger partial charge is 0.318 e. The minimum Gasteiger partial charge on any atom is -0.318 e. The van der Waals surface area contributed by atoms with Gasteiger partial charge in [0.15, 0.2) is 0 Å². The van der Waals surface area contributed by atoms with E-state index in [1.54, 1.807) is 6.07 Å². The number of nitro benzene ring substituents is 1. The molecule has 0 bridgehead atoms. The predicted octanol–water partition coefficient (Wildman–Crippen LogP) is 3.48. The monoisotopic (exact) mass is 353 g/mol. The topological polar surface area (TPSA) is 101 Å². The van der Waals surface area contributed by atoms with Crippen LogP contribution in [0.3, 0.4) is 0 Å². The van der Waals surface area contributed by atoms with E-state index in [1.807, 2.05) is 0 Å². The van der Waals surface area contributed by atoms with E-state index in [9.17, 15) is 19.7 Å². The Labute approximate surface area is 140 Å². The summed E-state index contributed by atoms with van der Waals surface area (Å²) in [6.45, 7) is 0. The van der Waals surface area contributed by atoms with Crippen molar-refractivity contribution in [3.05, 3.63) is 62.6 Å². The van der Waals surface area contributed by atoms with Crippen molar-refractivity contribution in [1.29, 1.82) is 0 Å². The van der Waals surface area contributed by atoms with Crippen LogP contribution in [0.15, 0.2) is 42.5 Å². The summed E-state index contributed by atoms with van der Waals surface area (Å²) in [5.74, 6) is -2.02. The summed E-state index contributed by atoms with van der Waals surface area (Å²) in [7, 11) is 0. The van der Waals surface area contributed by atoms with Crippen molar-refractivity contribution in [1.82, 2.24) is 0 Å². The van der Waals surface area contributed by atoms with Gasteiger partial charge in [-0.1, -0.05) is 35.3 Å². The van der Waals surface area contributed by atoms with Gasteiger partial charge in [-0.25, -0.2) is 0 Å². The number of nitrogens with one attached hydrogen (secondary N) is 2. The molecule has 0 radical (unpaired) electrons. The lowest BCUT2D eigenvalue weighted by atomic mass is 10.2. The molecule has 0 heterocycles. The summed E-state index contributed by atoms with van der Waals surface area (Å²) in [4.78, 5) is 33.8. The molecule has 0 aromatic heterocycles. The molecule has 0 saturated heterocycles. The average molecular weight is 354 g/mol. The number of hydrogen-bond donors (Lipinski definition) is 2. The van der Waals surface area contributed by atoms with Crippen LogP contribution in [0, 0.1) is 10.1 Å². The highest BCUT2D eigenvalue weighted by Crippen LogP contribution is 2.29. The van der Waals surface area contributed by atoms with Crippen LogP contribution in [0.4, 0.5) is 17.1 Å². The molecule has 0 spiro atoms. The third kappa shape index (κ3) is 4.18. The molecule has 23 heavy (non-hydrogen) atoms. The number of nitrogens with zero attached hydrogens (tertiary/aromatic N) is 1. The van der Waals surface area contributed by atoms with Crippen molar-refractivity contribution in [2.24, 2.45) is 0 Å². The summed E-state index contributed by atoms with van der Waals surface area (Å²) < 4.78 is 0. The molecule has 0 saturated carbocycles. The summed E-state index contributed by atoms with van der Waals surface area (Å²) in [5, 5.41) is 15.6. The van der Waals surface area contributed by atoms with Gasteiger partial charge in [-0.05, 0) is 18.2 Å². The molecule has 2 aromatic carbocycles. The highest BCUT2D eigenvalue weighted by molar-refractivity contribution is 6.46. The molecule has 0 aliphatic carbocycles. The van der Waals surface area contributed by atoms with Crippen LogP contribution in [0.5, 0.6) is 0 Å². The Morgan fingerprint density at radius 1 is 0.957 bits per heavy atom. The van der Waals surface area contributed by atoms with Crippen LogP contribution >= 0.6 is 23.2 Å². The highest BCUT2D eigenvalue weighted by Gasteiger charge is 2.18. The zero-order valence-electron chi connectivity index (χ0n) is 11.4. The van der Waals surface area contributed by atoms with E-state index in [0.717, 1.165) is 6.07 Å². The Morgan fingerprint density at radius 2 is 1.52 bits per heavy atom. The van der Waals surface area contributed by atoms with Crippen molar-refractivity contribution < 1.29 is 14.5 Å². The first kappa shape index (κ1) is 16.7. The van der Waals surface area contributed by atoms with Crippen LogP contribution in [0.2, 0.25) is 10.0 Å². The summed E-state index contributed by atoms with van der Waals surface area (Å²) >= 11 is 11.8. The lowest BCUT2D eigenvalue weighted by molar-refractivity contribution is -0.384. The second-order valence-corrected chi connectivity index (χ2v) is 5.13. The minimum absolute atomic E-state index is 0.107. The Balaban J connectivity index is 2.10. The van der Waals surface area contributed by atoms with E-state index in [4.69, 9.17) is 23.2 Å². The van der Waals surface area contributed by atoms with Gasteiger partial charge < -0.3 is 10.6 Å². The fourth-order valence-corrected chi connectivity index (χ4v) is 2.16. The van der Waals surface area contributed by atoms with E-state index >= 15 is 0 Å². The third-order valence-corrected chi connectivity index (χ3v) is 3.35. The molecule has 118 valence electrons. The first-order valence-electron chi connectivity index (χ1n) is 6.19. The van der Waals surface area contributed by atoms with E-state index < -0.39 is 16.7 Å². The molecule has 9 heteroatoms. The molecule has 0 atom stereocenters. The average Bonchev–Trinajstić information content (AvgIpc) is 2.51. The first-order chi connectivity index (χ1) is 10.9. The number of hydrogen-bond acceptors (Lipinski definition) is 4. The van der Waals surface area contributed by atoms with E-state index in [2.05, 4.69) is 10.6 Å². The fourth-order valence-electron chi connectivity index (χ4n) is 1.67. The quantitative estimate of drug-likeness (QED) is 0.500. The molecule has 2 rings (SSSR count). The number of para-hydroxylation sites is 1. The molecule has 7 nitrogen and oxygen atoms in total. The van der Waals surface area contributed by atoms with Gasteiger partial charge in [-0.3, -0.25) is 19.7 Å². The molecule has 0 aliphatic heterocycles. The zero-order chi connectivity index (χ0) is 17.0.